The molecule has 11 heteroatoms. The Bertz CT molecular complexity index is 856. The molecule has 114 valence electrons. The van der Waals surface area contributed by atoms with Gasteiger partial charge in [-0.1, -0.05) is 0 Å². The van der Waals surface area contributed by atoms with Crippen molar-refractivity contribution in [3.63, 3.8) is 0 Å². The highest BCUT2D eigenvalue weighted by molar-refractivity contribution is 9.10. The molecule has 3 N–H and O–H groups in total. The lowest BCUT2D eigenvalue weighted by Gasteiger charge is -1.96. The maximum absolute atomic E-state index is 12.0. The van der Waals surface area contributed by atoms with E-state index in [9.17, 15) is 14.9 Å². The van der Waals surface area contributed by atoms with Crippen LogP contribution < -0.4 is 11.3 Å². The molecule has 0 aliphatic rings. The third-order valence-corrected chi connectivity index (χ3v) is 3.48. The Morgan fingerprint density at radius 3 is 2.68 bits per heavy atom. The minimum Gasteiger partial charge on any atom is -0.374 e. The van der Waals surface area contributed by atoms with Gasteiger partial charge in [0.1, 0.15) is 5.69 Å². The lowest BCUT2D eigenvalue weighted by molar-refractivity contribution is -0.384. The summed E-state index contributed by atoms with van der Waals surface area (Å²) in [5.74, 6) is 0. The Morgan fingerprint density at radius 1 is 1.50 bits per heavy atom. The third kappa shape index (κ3) is 3.09. The second-order valence-corrected chi connectivity index (χ2v) is 5.43. The molecule has 0 amide bonds. The molecule has 9 nitrogen and oxygen atoms in total. The van der Waals surface area contributed by atoms with Crippen LogP contribution >= 0.6 is 28.1 Å². The molecular weight excluding hydrogens is 376 g/mol. The first-order chi connectivity index (χ1) is 10.3. The summed E-state index contributed by atoms with van der Waals surface area (Å²) < 4.78 is 1.36. The number of rotatable bonds is 3. The number of halogens is 1. The van der Waals surface area contributed by atoms with Gasteiger partial charge >= 0.3 is 5.56 Å². The molecule has 2 rings (SSSR count). The van der Waals surface area contributed by atoms with Crippen LogP contribution in [0.1, 0.15) is 5.69 Å². The van der Waals surface area contributed by atoms with Crippen molar-refractivity contribution in [3.8, 4) is 0 Å². The minimum absolute atomic E-state index is 0.0538. The van der Waals surface area contributed by atoms with Crippen molar-refractivity contribution < 1.29 is 4.92 Å². The quantitative estimate of drug-likeness (QED) is 0.363. The SMILES string of the molecule is Cc1[nH]n(C(N)=S)c(=O)c1N=Nc1ccc([N+](=O)[O-])cc1Br. The fourth-order valence-electron chi connectivity index (χ4n) is 1.61. The highest BCUT2D eigenvalue weighted by atomic mass is 79.9. The molecule has 0 aliphatic heterocycles. The highest BCUT2D eigenvalue weighted by Crippen LogP contribution is 2.30. The van der Waals surface area contributed by atoms with Crippen LogP contribution in [0, 0.1) is 17.0 Å². The first kappa shape index (κ1) is 16.0. The number of aryl methyl sites for hydroxylation is 1. The number of thiocarbonyl (C=S) groups is 1. The van der Waals surface area contributed by atoms with E-state index in [4.69, 9.17) is 18.0 Å². The molecular formula is C11H9BrN6O3S. The fourth-order valence-corrected chi connectivity index (χ4v) is 2.18. The van der Waals surface area contributed by atoms with E-state index in [0.717, 1.165) is 4.68 Å². The number of nitrogens with two attached hydrogens (primary N) is 1. The second-order valence-electron chi connectivity index (χ2n) is 4.16. The van der Waals surface area contributed by atoms with Crippen molar-refractivity contribution >= 4 is 50.3 Å². The standard InChI is InChI=1S/C11H9BrN6O3S/c1-5-9(10(19)17(16-5)11(13)22)15-14-8-3-2-6(18(20)21)4-7(8)12/h2-4,16H,1H3,(H2,13,22). The summed E-state index contributed by atoms with van der Waals surface area (Å²) in [5, 5.41) is 21.0. The number of benzene rings is 1. The van der Waals surface area contributed by atoms with E-state index in [1.165, 1.54) is 18.2 Å². The second kappa shape index (κ2) is 6.15. The Kier molecular flexibility index (Phi) is 4.47. The van der Waals surface area contributed by atoms with Gasteiger partial charge in [0.25, 0.3) is 5.69 Å². The molecule has 1 aromatic heterocycles. The molecule has 2 aromatic rings. The summed E-state index contributed by atoms with van der Waals surface area (Å²) >= 11 is 7.89. The van der Waals surface area contributed by atoms with Crippen molar-refractivity contribution in [1.82, 2.24) is 9.78 Å². The maximum atomic E-state index is 12.0. The molecule has 22 heavy (non-hydrogen) atoms. The zero-order valence-corrected chi connectivity index (χ0v) is 13.5. The molecule has 0 aliphatic carbocycles. The van der Waals surface area contributed by atoms with Crippen LogP contribution in [0.5, 0.6) is 0 Å². The molecule has 0 bridgehead atoms. The summed E-state index contributed by atoms with van der Waals surface area (Å²) in [6, 6.07) is 4.00. The van der Waals surface area contributed by atoms with E-state index in [1.54, 1.807) is 6.92 Å². The van der Waals surface area contributed by atoms with E-state index in [1.807, 2.05) is 0 Å². The van der Waals surface area contributed by atoms with E-state index >= 15 is 0 Å². The molecule has 0 atom stereocenters. The summed E-state index contributed by atoms with van der Waals surface area (Å²) in [6.45, 7) is 1.62. The summed E-state index contributed by atoms with van der Waals surface area (Å²) in [6.07, 6.45) is 0. The van der Waals surface area contributed by atoms with Gasteiger partial charge in [0, 0.05) is 12.1 Å². The van der Waals surface area contributed by atoms with Gasteiger partial charge in [-0.15, -0.1) is 10.2 Å². The van der Waals surface area contributed by atoms with Crippen LogP contribution in [0.3, 0.4) is 0 Å². The van der Waals surface area contributed by atoms with E-state index < -0.39 is 10.5 Å². The molecule has 0 spiro atoms. The van der Waals surface area contributed by atoms with Gasteiger partial charge in [0.05, 0.1) is 15.1 Å². The van der Waals surface area contributed by atoms with Gasteiger partial charge < -0.3 is 5.73 Å². The minimum atomic E-state index is -0.525. The normalized spacial score (nSPS) is 11.0. The van der Waals surface area contributed by atoms with E-state index in [2.05, 4.69) is 31.3 Å². The molecule has 0 unspecified atom stereocenters. The average molecular weight is 385 g/mol. The van der Waals surface area contributed by atoms with Gasteiger partial charge in [0.15, 0.2) is 10.8 Å². The zero-order chi connectivity index (χ0) is 16.4. The van der Waals surface area contributed by atoms with Crippen molar-refractivity contribution in [1.29, 1.82) is 0 Å². The lowest BCUT2D eigenvalue weighted by atomic mass is 10.3. The van der Waals surface area contributed by atoms with Gasteiger partial charge in [-0.25, -0.2) is 0 Å². The number of hydrogen-bond donors (Lipinski definition) is 2. The van der Waals surface area contributed by atoms with Crippen LogP contribution in [0.25, 0.3) is 0 Å². The molecule has 1 heterocycles. The molecule has 1 aromatic carbocycles. The lowest BCUT2D eigenvalue weighted by Crippen LogP contribution is -2.29. The van der Waals surface area contributed by atoms with Crippen LogP contribution in [0.4, 0.5) is 17.1 Å². The maximum Gasteiger partial charge on any atom is 0.301 e. The van der Waals surface area contributed by atoms with Crippen LogP contribution in [0.2, 0.25) is 0 Å². The number of hydrogen-bond acceptors (Lipinski definition) is 6. The molecule has 0 saturated carbocycles. The largest absolute Gasteiger partial charge is 0.374 e. The van der Waals surface area contributed by atoms with Crippen molar-refractivity contribution in [2.24, 2.45) is 16.0 Å². The summed E-state index contributed by atoms with van der Waals surface area (Å²) in [4.78, 5) is 22.1. The van der Waals surface area contributed by atoms with Crippen molar-refractivity contribution in [2.45, 2.75) is 6.92 Å². The molecule has 0 saturated heterocycles. The molecule has 0 radical (unpaired) electrons. The Balaban J connectivity index is 2.40. The van der Waals surface area contributed by atoms with Gasteiger partial charge in [-0.3, -0.25) is 20.0 Å². The third-order valence-electron chi connectivity index (χ3n) is 2.66. The number of nitro benzene ring substituents is 1. The Morgan fingerprint density at radius 2 is 2.18 bits per heavy atom. The topological polar surface area (TPSA) is 132 Å². The number of azo groups is 1. The summed E-state index contributed by atoms with van der Waals surface area (Å²) in [5.41, 5.74) is 5.63. The van der Waals surface area contributed by atoms with E-state index in [0.29, 0.717) is 15.9 Å². The molecule has 0 fully saturated rings. The Labute approximate surface area is 137 Å². The number of nitro groups is 1. The summed E-state index contributed by atoms with van der Waals surface area (Å²) in [7, 11) is 0. The number of aromatic amines is 1. The van der Waals surface area contributed by atoms with Gasteiger partial charge in [-0.05, 0) is 41.1 Å². The number of nitrogens with zero attached hydrogens (tertiary/aromatic N) is 4. The smallest absolute Gasteiger partial charge is 0.301 e. The van der Waals surface area contributed by atoms with Gasteiger partial charge in [0.2, 0.25) is 0 Å². The van der Waals surface area contributed by atoms with Crippen LogP contribution in [-0.4, -0.2) is 19.8 Å². The first-order valence-electron chi connectivity index (χ1n) is 5.78. The number of non-ortho nitro benzene ring substituents is 1. The predicted molar refractivity (Wildman–Crippen MR) is 86.9 cm³/mol. The zero-order valence-electron chi connectivity index (χ0n) is 11.1. The monoisotopic (exact) mass is 384 g/mol. The van der Waals surface area contributed by atoms with Crippen LogP contribution in [-0.2, 0) is 0 Å². The van der Waals surface area contributed by atoms with E-state index in [-0.39, 0.29) is 16.5 Å². The fraction of sp³-hybridized carbons (Fsp3) is 0.0909. The number of aromatic nitrogens is 2. The highest BCUT2D eigenvalue weighted by Gasteiger charge is 2.13. The number of nitrogens with one attached hydrogen (secondary N) is 1. The number of H-pyrrole nitrogens is 1. The van der Waals surface area contributed by atoms with Crippen molar-refractivity contribution in [3.05, 3.63) is 48.8 Å². The van der Waals surface area contributed by atoms with Gasteiger partial charge in [-0.2, -0.15) is 4.68 Å². The van der Waals surface area contributed by atoms with Crippen LogP contribution in [0.15, 0.2) is 37.7 Å². The Hall–Kier alpha value is -2.40. The van der Waals surface area contributed by atoms with Crippen molar-refractivity contribution in [2.75, 3.05) is 0 Å². The first-order valence-corrected chi connectivity index (χ1v) is 6.98. The predicted octanol–water partition coefficient (Wildman–Crippen LogP) is 2.66. The average Bonchev–Trinajstić information content (AvgIpc) is 2.73.